The van der Waals surface area contributed by atoms with Crippen molar-refractivity contribution < 1.29 is 43.7 Å². The maximum Gasteiger partial charge on any atom is 0.534 e. The molecular weight excluding hydrogens is 587 g/mol. The second-order valence-corrected chi connectivity index (χ2v) is 13.4. The predicted molar refractivity (Wildman–Crippen MR) is 145 cm³/mol. The lowest BCUT2D eigenvalue weighted by atomic mass is 10.1. The van der Waals surface area contributed by atoms with E-state index in [1.54, 1.807) is 20.8 Å². The quantitative estimate of drug-likeness (QED) is 0.258. The third-order valence-electron chi connectivity index (χ3n) is 5.50. The number of nitrogens with one attached hydrogen (secondary N) is 1. The molecule has 0 saturated carbocycles. The number of sulfonamides is 1. The number of aromatic nitrogens is 1. The number of hydrogen-bond acceptors (Lipinski definition) is 8. The van der Waals surface area contributed by atoms with Gasteiger partial charge in [-0.1, -0.05) is 36.4 Å². The summed E-state index contributed by atoms with van der Waals surface area (Å²) in [6.07, 6.45) is 1.80. The molecule has 224 valence electrons. The fourth-order valence-corrected chi connectivity index (χ4v) is 5.43. The van der Waals surface area contributed by atoms with Crippen molar-refractivity contribution in [2.75, 3.05) is 13.1 Å². The number of hydrogen-bond donors (Lipinski definition) is 1. The average molecular weight is 618 g/mol. The van der Waals surface area contributed by atoms with E-state index in [1.165, 1.54) is 30.2 Å². The molecule has 0 aliphatic carbocycles. The van der Waals surface area contributed by atoms with Crippen LogP contribution in [-0.4, -0.2) is 63.1 Å². The number of nitrogens with zero attached hydrogens (tertiary/aromatic N) is 2. The van der Waals surface area contributed by atoms with E-state index in [9.17, 15) is 34.8 Å². The molecule has 15 heteroatoms. The van der Waals surface area contributed by atoms with Crippen molar-refractivity contribution in [3.05, 3.63) is 66.5 Å². The van der Waals surface area contributed by atoms with Gasteiger partial charge in [0.25, 0.3) is 0 Å². The van der Waals surface area contributed by atoms with Gasteiger partial charge < -0.3 is 13.8 Å². The normalized spacial score (nSPS) is 13.5. The first-order valence-electron chi connectivity index (χ1n) is 12.3. The second-order valence-electron chi connectivity index (χ2n) is 10.2. The summed E-state index contributed by atoms with van der Waals surface area (Å²) in [6, 6.07) is 12.0. The van der Waals surface area contributed by atoms with Gasteiger partial charge in [0.05, 0.1) is 11.1 Å². The van der Waals surface area contributed by atoms with E-state index >= 15 is 0 Å². The van der Waals surface area contributed by atoms with Gasteiger partial charge in [-0.25, -0.2) is 17.9 Å². The molecule has 3 aromatic rings. The van der Waals surface area contributed by atoms with E-state index in [1.807, 2.05) is 30.3 Å². The summed E-state index contributed by atoms with van der Waals surface area (Å²) in [6.45, 7) is 6.84. The van der Waals surface area contributed by atoms with Crippen molar-refractivity contribution >= 4 is 37.0 Å². The smallest absolute Gasteiger partial charge is 0.444 e. The summed E-state index contributed by atoms with van der Waals surface area (Å²) in [5, 5.41) is -0.0783. The number of alkyl halides is 3. The van der Waals surface area contributed by atoms with Crippen LogP contribution in [0.5, 0.6) is 5.75 Å². The zero-order valence-corrected chi connectivity index (χ0v) is 24.3. The van der Waals surface area contributed by atoms with Crippen LogP contribution in [0, 0.1) is 0 Å². The van der Waals surface area contributed by atoms with Gasteiger partial charge in [-0.15, -0.1) is 0 Å². The van der Waals surface area contributed by atoms with Crippen LogP contribution in [-0.2, 0) is 31.3 Å². The van der Waals surface area contributed by atoms with E-state index in [0.29, 0.717) is 6.42 Å². The summed E-state index contributed by atoms with van der Waals surface area (Å²) < 4.78 is 100. The molecule has 0 bridgehead atoms. The lowest BCUT2D eigenvalue weighted by Gasteiger charge is -2.29. The van der Waals surface area contributed by atoms with Crippen molar-refractivity contribution in [2.24, 2.45) is 0 Å². The number of carbonyl (C=O) groups excluding carboxylic acids is 1. The second kappa shape index (κ2) is 12.2. The highest BCUT2D eigenvalue weighted by atomic mass is 32.2. The standard InChI is InChI=1S/C26H30F3N3O7S2/c1-18(17-32(24(33)38-25(2,3)4)13-12-19-8-6-5-7-9-19)31-40(34,35)21-11-10-20-15-30-16-23(22(20)14-21)39-41(36,37)26(27,28)29/h5-11,14-16,18,31H,12-13,17H2,1-4H3/t18-/m1/s1. The Balaban J connectivity index is 1.83. The van der Waals surface area contributed by atoms with Gasteiger partial charge in [0, 0.05) is 36.1 Å². The van der Waals surface area contributed by atoms with Crippen LogP contribution in [0.1, 0.15) is 33.3 Å². The predicted octanol–water partition coefficient (Wildman–Crippen LogP) is 4.61. The number of pyridine rings is 1. The Bertz CT molecular complexity index is 1590. The first kappa shape index (κ1) is 32.1. The molecule has 0 fully saturated rings. The zero-order valence-electron chi connectivity index (χ0n) is 22.7. The summed E-state index contributed by atoms with van der Waals surface area (Å²) in [5.74, 6) is -0.790. The van der Waals surface area contributed by atoms with Gasteiger partial charge in [0.1, 0.15) is 5.60 Å². The zero-order chi connectivity index (χ0) is 30.6. The highest BCUT2D eigenvalue weighted by molar-refractivity contribution is 7.89. The maximum atomic E-state index is 13.2. The minimum atomic E-state index is -6.02. The third-order valence-corrected chi connectivity index (χ3v) is 8.06. The van der Waals surface area contributed by atoms with E-state index in [0.717, 1.165) is 17.8 Å². The maximum absolute atomic E-state index is 13.2. The van der Waals surface area contributed by atoms with Crippen molar-refractivity contribution in [1.82, 2.24) is 14.6 Å². The average Bonchev–Trinajstić information content (AvgIpc) is 2.85. The van der Waals surface area contributed by atoms with Crippen molar-refractivity contribution in [3.63, 3.8) is 0 Å². The number of amides is 1. The monoisotopic (exact) mass is 617 g/mol. The molecule has 1 aromatic heterocycles. The highest BCUT2D eigenvalue weighted by Gasteiger charge is 2.48. The Kier molecular flexibility index (Phi) is 9.55. The van der Waals surface area contributed by atoms with E-state index in [-0.39, 0.29) is 28.8 Å². The van der Waals surface area contributed by atoms with Crippen molar-refractivity contribution in [3.8, 4) is 5.75 Å². The first-order chi connectivity index (χ1) is 18.9. The van der Waals surface area contributed by atoms with Gasteiger partial charge in [-0.05, 0) is 51.8 Å². The molecule has 0 saturated heterocycles. The number of fused-ring (bicyclic) bond motifs is 1. The minimum Gasteiger partial charge on any atom is -0.444 e. The highest BCUT2D eigenvalue weighted by Crippen LogP contribution is 2.32. The molecule has 3 rings (SSSR count). The van der Waals surface area contributed by atoms with Crippen LogP contribution in [0.4, 0.5) is 18.0 Å². The van der Waals surface area contributed by atoms with E-state index in [4.69, 9.17) is 4.74 Å². The molecule has 1 N–H and O–H groups in total. The summed E-state index contributed by atoms with van der Waals surface area (Å²) in [4.78, 5) is 17.6. The van der Waals surface area contributed by atoms with Crippen LogP contribution >= 0.6 is 0 Å². The lowest BCUT2D eigenvalue weighted by Crippen LogP contribution is -2.46. The summed E-state index contributed by atoms with van der Waals surface area (Å²) in [5.41, 5.74) is -5.52. The molecule has 2 aromatic carbocycles. The summed E-state index contributed by atoms with van der Waals surface area (Å²) in [7, 11) is -10.3. The van der Waals surface area contributed by atoms with Crippen LogP contribution < -0.4 is 8.91 Å². The number of rotatable bonds is 10. The van der Waals surface area contributed by atoms with Crippen LogP contribution in [0.15, 0.2) is 65.8 Å². The Morgan fingerprint density at radius 3 is 2.29 bits per heavy atom. The molecule has 0 spiro atoms. The van der Waals surface area contributed by atoms with E-state index in [2.05, 4.69) is 13.9 Å². The first-order valence-corrected chi connectivity index (χ1v) is 15.2. The molecule has 1 atom stereocenters. The van der Waals surface area contributed by atoms with Gasteiger partial charge in [-0.2, -0.15) is 21.6 Å². The molecule has 1 heterocycles. The van der Waals surface area contributed by atoms with Crippen LogP contribution in [0.2, 0.25) is 0 Å². The number of halogens is 3. The molecular formula is C26H30F3N3O7S2. The fourth-order valence-electron chi connectivity index (χ4n) is 3.71. The number of ether oxygens (including phenoxy) is 1. The molecule has 1 amide bonds. The Morgan fingerprint density at radius 2 is 1.68 bits per heavy atom. The van der Waals surface area contributed by atoms with Gasteiger partial charge in [0.15, 0.2) is 5.75 Å². The Morgan fingerprint density at radius 1 is 1.02 bits per heavy atom. The Labute approximate surface area is 236 Å². The molecule has 0 radical (unpaired) electrons. The third kappa shape index (κ3) is 8.78. The molecule has 41 heavy (non-hydrogen) atoms. The molecule has 0 unspecified atom stereocenters. The number of carbonyl (C=O) groups is 1. The van der Waals surface area contributed by atoms with Gasteiger partial charge >= 0.3 is 21.7 Å². The van der Waals surface area contributed by atoms with Gasteiger partial charge in [0.2, 0.25) is 10.0 Å². The largest absolute Gasteiger partial charge is 0.534 e. The van der Waals surface area contributed by atoms with Crippen LogP contribution in [0.3, 0.4) is 0 Å². The topological polar surface area (TPSA) is 132 Å². The van der Waals surface area contributed by atoms with Gasteiger partial charge in [-0.3, -0.25) is 4.98 Å². The van der Waals surface area contributed by atoms with Crippen LogP contribution in [0.25, 0.3) is 10.8 Å². The number of benzene rings is 2. The molecule has 10 nitrogen and oxygen atoms in total. The van der Waals surface area contributed by atoms with Crippen molar-refractivity contribution in [1.29, 1.82) is 0 Å². The fraction of sp³-hybridized carbons (Fsp3) is 0.385. The molecule has 0 aliphatic heterocycles. The van der Waals surface area contributed by atoms with Crippen molar-refractivity contribution in [2.45, 2.75) is 56.2 Å². The van der Waals surface area contributed by atoms with E-state index < -0.39 is 49.1 Å². The lowest BCUT2D eigenvalue weighted by molar-refractivity contribution is -0.0499. The minimum absolute atomic E-state index is 0.0589. The Hall–Kier alpha value is -3.43. The molecule has 0 aliphatic rings. The summed E-state index contributed by atoms with van der Waals surface area (Å²) >= 11 is 0. The SMILES string of the molecule is C[C@H](CN(CCc1ccccc1)C(=O)OC(C)(C)C)NS(=O)(=O)c1ccc2cncc(OS(=O)(=O)C(F)(F)F)c2c1.